The zero-order chi connectivity index (χ0) is 19.7. The molecule has 6 nitrogen and oxygen atoms in total. The molecular formula is C21H25N3O3S. The van der Waals surface area contributed by atoms with Crippen LogP contribution in [0.5, 0.6) is 5.75 Å². The molecule has 1 aromatic carbocycles. The molecule has 0 bridgehead atoms. The molecule has 148 valence electrons. The molecule has 1 atom stereocenters. The minimum Gasteiger partial charge on any atom is -0.492 e. The molecule has 1 saturated carbocycles. The van der Waals surface area contributed by atoms with Gasteiger partial charge in [-0.05, 0) is 63.2 Å². The average molecular weight is 400 g/mol. The second kappa shape index (κ2) is 8.03. The van der Waals surface area contributed by atoms with Gasteiger partial charge in [0.25, 0.3) is 5.56 Å². The monoisotopic (exact) mass is 399 g/mol. The third kappa shape index (κ3) is 3.97. The number of fused-ring (bicyclic) bond motifs is 1. The molecule has 0 saturated heterocycles. The fourth-order valence-corrected chi connectivity index (χ4v) is 4.46. The Morgan fingerprint density at radius 3 is 2.68 bits per heavy atom. The van der Waals surface area contributed by atoms with Gasteiger partial charge >= 0.3 is 0 Å². The lowest BCUT2D eigenvalue weighted by Gasteiger charge is -2.11. The molecule has 7 heteroatoms. The molecule has 1 fully saturated rings. The van der Waals surface area contributed by atoms with Crippen molar-refractivity contribution in [1.29, 1.82) is 0 Å². The van der Waals surface area contributed by atoms with Gasteiger partial charge in [-0.25, -0.2) is 4.98 Å². The highest BCUT2D eigenvalue weighted by atomic mass is 32.1. The Morgan fingerprint density at radius 1 is 1.29 bits per heavy atom. The summed E-state index contributed by atoms with van der Waals surface area (Å²) in [6.45, 7) is 1.48. The van der Waals surface area contributed by atoms with Gasteiger partial charge in [0.1, 0.15) is 23.4 Å². The molecule has 1 aliphatic rings. The summed E-state index contributed by atoms with van der Waals surface area (Å²) in [5.41, 5.74) is 1.47. The minimum absolute atomic E-state index is 0.0480. The molecule has 1 aliphatic carbocycles. The van der Waals surface area contributed by atoms with E-state index in [9.17, 15) is 4.79 Å². The van der Waals surface area contributed by atoms with Crippen LogP contribution in [0.15, 0.2) is 41.5 Å². The van der Waals surface area contributed by atoms with Gasteiger partial charge in [-0.1, -0.05) is 0 Å². The summed E-state index contributed by atoms with van der Waals surface area (Å²) in [5.74, 6) is 1.36. The van der Waals surface area contributed by atoms with Crippen LogP contribution in [0.1, 0.15) is 23.8 Å². The second-order valence-electron chi connectivity index (χ2n) is 7.42. The van der Waals surface area contributed by atoms with Crippen LogP contribution in [0, 0.1) is 5.92 Å². The molecule has 0 spiro atoms. The maximum atomic E-state index is 13.0. The van der Waals surface area contributed by atoms with Gasteiger partial charge < -0.3 is 14.4 Å². The summed E-state index contributed by atoms with van der Waals surface area (Å²) >= 11 is 1.50. The molecule has 4 rings (SSSR count). The van der Waals surface area contributed by atoms with Crippen molar-refractivity contribution in [2.24, 2.45) is 5.92 Å². The van der Waals surface area contributed by atoms with Crippen LogP contribution in [-0.2, 0) is 4.74 Å². The van der Waals surface area contributed by atoms with Gasteiger partial charge in [0.15, 0.2) is 0 Å². The molecule has 28 heavy (non-hydrogen) atoms. The van der Waals surface area contributed by atoms with E-state index >= 15 is 0 Å². The Balaban J connectivity index is 1.58. The van der Waals surface area contributed by atoms with Gasteiger partial charge in [-0.2, -0.15) is 0 Å². The Bertz CT molecular complexity index is 1010. The number of aromatic nitrogens is 2. The number of rotatable bonds is 8. The van der Waals surface area contributed by atoms with Gasteiger partial charge in [-0.15, -0.1) is 11.3 Å². The Labute approximate surface area is 168 Å². The van der Waals surface area contributed by atoms with Gasteiger partial charge in [0.2, 0.25) is 0 Å². The van der Waals surface area contributed by atoms with E-state index in [0.717, 1.165) is 28.4 Å². The summed E-state index contributed by atoms with van der Waals surface area (Å²) in [6.07, 6.45) is 4.05. The molecule has 0 amide bonds. The van der Waals surface area contributed by atoms with Crippen LogP contribution in [0.4, 0.5) is 0 Å². The zero-order valence-corrected chi connectivity index (χ0v) is 17.2. The van der Waals surface area contributed by atoms with Crippen molar-refractivity contribution in [3.63, 3.8) is 0 Å². The molecule has 1 unspecified atom stereocenters. The molecule has 0 aliphatic heterocycles. The van der Waals surface area contributed by atoms with Crippen LogP contribution >= 0.6 is 11.3 Å². The maximum Gasteiger partial charge on any atom is 0.275 e. The number of nitrogens with zero attached hydrogens (tertiary/aromatic N) is 3. The summed E-state index contributed by atoms with van der Waals surface area (Å²) in [6, 6.07) is 9.54. The van der Waals surface area contributed by atoms with E-state index in [1.54, 1.807) is 18.0 Å². The predicted molar refractivity (Wildman–Crippen MR) is 112 cm³/mol. The van der Waals surface area contributed by atoms with Crippen molar-refractivity contribution in [2.75, 3.05) is 34.4 Å². The van der Waals surface area contributed by atoms with E-state index in [0.29, 0.717) is 17.2 Å². The highest BCUT2D eigenvalue weighted by Gasteiger charge is 2.33. The average Bonchev–Trinajstić information content (AvgIpc) is 3.41. The van der Waals surface area contributed by atoms with E-state index < -0.39 is 0 Å². The van der Waals surface area contributed by atoms with Crippen LogP contribution < -0.4 is 10.3 Å². The summed E-state index contributed by atoms with van der Waals surface area (Å²) < 4.78 is 13.6. The first kappa shape index (κ1) is 19.1. The van der Waals surface area contributed by atoms with Crippen molar-refractivity contribution in [2.45, 2.75) is 18.9 Å². The largest absolute Gasteiger partial charge is 0.492 e. The van der Waals surface area contributed by atoms with E-state index in [2.05, 4.69) is 9.88 Å². The first-order valence-corrected chi connectivity index (χ1v) is 10.3. The SMILES string of the molecule is COC(c1cc2ncn(-c3ccc(OCCN(C)C)cc3)c(=O)c2s1)C1CC1. The molecule has 0 N–H and O–H groups in total. The fourth-order valence-electron chi connectivity index (χ4n) is 3.24. The number of likely N-dealkylation sites (N-methyl/N-ethyl adjacent to an activating group) is 1. The molecule has 2 aromatic heterocycles. The van der Waals surface area contributed by atoms with Crippen LogP contribution in [0.2, 0.25) is 0 Å². The van der Waals surface area contributed by atoms with E-state index in [-0.39, 0.29) is 11.7 Å². The Kier molecular flexibility index (Phi) is 5.48. The van der Waals surface area contributed by atoms with Crippen molar-refractivity contribution >= 4 is 21.6 Å². The zero-order valence-electron chi connectivity index (χ0n) is 16.4. The van der Waals surface area contributed by atoms with E-state index in [1.807, 2.05) is 44.4 Å². The van der Waals surface area contributed by atoms with Gasteiger partial charge in [0, 0.05) is 18.5 Å². The quantitative estimate of drug-likeness (QED) is 0.580. The Morgan fingerprint density at radius 2 is 2.04 bits per heavy atom. The van der Waals surface area contributed by atoms with E-state index in [1.165, 1.54) is 24.2 Å². The first-order chi connectivity index (χ1) is 13.6. The second-order valence-corrected chi connectivity index (χ2v) is 8.51. The number of methoxy groups -OCH3 is 1. The van der Waals surface area contributed by atoms with Gasteiger partial charge in [-0.3, -0.25) is 9.36 Å². The molecule has 2 heterocycles. The van der Waals surface area contributed by atoms with Crippen molar-refractivity contribution < 1.29 is 9.47 Å². The smallest absolute Gasteiger partial charge is 0.275 e. The molecular weight excluding hydrogens is 374 g/mol. The third-order valence-electron chi connectivity index (χ3n) is 4.96. The van der Waals surface area contributed by atoms with Gasteiger partial charge in [0.05, 0.1) is 17.3 Å². The van der Waals surface area contributed by atoms with Crippen molar-refractivity contribution in [3.05, 3.63) is 51.9 Å². The van der Waals surface area contributed by atoms with Crippen LogP contribution in [-0.4, -0.2) is 48.8 Å². The lowest BCUT2D eigenvalue weighted by molar-refractivity contribution is 0.0876. The third-order valence-corrected chi connectivity index (χ3v) is 6.14. The first-order valence-electron chi connectivity index (χ1n) is 9.48. The molecule has 3 aromatic rings. The topological polar surface area (TPSA) is 56.6 Å². The number of hydrogen-bond acceptors (Lipinski definition) is 6. The summed E-state index contributed by atoms with van der Waals surface area (Å²) in [7, 11) is 5.76. The lowest BCUT2D eigenvalue weighted by atomic mass is 10.2. The van der Waals surface area contributed by atoms with E-state index in [4.69, 9.17) is 9.47 Å². The Hall–Kier alpha value is -2.22. The minimum atomic E-state index is -0.0480. The van der Waals surface area contributed by atoms with Crippen LogP contribution in [0.3, 0.4) is 0 Å². The summed E-state index contributed by atoms with van der Waals surface area (Å²) in [5, 5.41) is 0. The highest BCUT2D eigenvalue weighted by molar-refractivity contribution is 7.19. The number of benzene rings is 1. The fraction of sp³-hybridized carbons (Fsp3) is 0.429. The standard InChI is InChI=1S/C21H25N3O3S/c1-23(2)10-11-27-16-8-6-15(7-9-16)24-13-22-17-12-18(28-20(17)21(24)25)19(26-3)14-4-5-14/h6-9,12-14,19H,4-5,10-11H2,1-3H3. The highest BCUT2D eigenvalue weighted by Crippen LogP contribution is 2.45. The van der Waals surface area contributed by atoms with Crippen LogP contribution in [0.25, 0.3) is 15.9 Å². The van der Waals surface area contributed by atoms with Crippen molar-refractivity contribution in [1.82, 2.24) is 14.5 Å². The number of thiophene rings is 1. The maximum absolute atomic E-state index is 13.0. The lowest BCUT2D eigenvalue weighted by Crippen LogP contribution is -2.19. The normalized spacial score (nSPS) is 15.3. The number of ether oxygens (including phenoxy) is 2. The van der Waals surface area contributed by atoms with Crippen molar-refractivity contribution in [3.8, 4) is 11.4 Å². The molecule has 0 radical (unpaired) electrons. The summed E-state index contributed by atoms with van der Waals surface area (Å²) in [4.78, 5) is 20.7. The number of hydrogen-bond donors (Lipinski definition) is 0. The predicted octanol–water partition coefficient (Wildman–Crippen LogP) is 3.49.